The number of hydrogen-bond donors (Lipinski definition) is 1. The summed E-state index contributed by atoms with van der Waals surface area (Å²) >= 11 is 0. The minimum atomic E-state index is 0.603. The second kappa shape index (κ2) is 7.06. The van der Waals surface area contributed by atoms with Gasteiger partial charge in [0.2, 0.25) is 0 Å². The molecule has 2 heteroatoms. The van der Waals surface area contributed by atoms with E-state index in [1.807, 2.05) is 0 Å². The van der Waals surface area contributed by atoms with Crippen molar-refractivity contribution in [1.29, 1.82) is 0 Å². The van der Waals surface area contributed by atoms with Crippen molar-refractivity contribution in [3.63, 3.8) is 0 Å². The zero-order valence-corrected chi connectivity index (χ0v) is 12.7. The molecule has 0 saturated carbocycles. The van der Waals surface area contributed by atoms with Crippen LogP contribution in [0.15, 0.2) is 24.3 Å². The quantitative estimate of drug-likeness (QED) is 0.874. The molecule has 0 aliphatic carbocycles. The molecular weight excluding hydrogens is 232 g/mol. The molecule has 1 saturated heterocycles. The Bertz CT molecular complexity index is 387. The largest absolute Gasteiger partial charge is 0.314 e. The number of nitrogens with one attached hydrogen (secondary N) is 1. The Balaban J connectivity index is 1.86. The van der Waals surface area contributed by atoms with Crippen LogP contribution in [0.3, 0.4) is 0 Å². The maximum absolute atomic E-state index is 3.58. The molecular formula is C17H28N2. The molecule has 1 aromatic rings. The molecule has 1 aliphatic heterocycles. The lowest BCUT2D eigenvalue weighted by molar-refractivity contribution is 0.163. The van der Waals surface area contributed by atoms with E-state index in [9.17, 15) is 0 Å². The molecule has 1 unspecified atom stereocenters. The fourth-order valence-electron chi connectivity index (χ4n) is 2.89. The van der Waals surface area contributed by atoms with Crippen molar-refractivity contribution >= 4 is 0 Å². The highest BCUT2D eigenvalue weighted by Gasteiger charge is 2.20. The molecule has 1 aliphatic rings. The smallest absolute Gasteiger partial charge is 0.0236 e. The SMILES string of the molecule is Cc1ccccc1CN1CCCC(CNC(C)C)C1. The summed E-state index contributed by atoms with van der Waals surface area (Å²) in [7, 11) is 0. The summed E-state index contributed by atoms with van der Waals surface area (Å²) in [6, 6.07) is 9.38. The summed E-state index contributed by atoms with van der Waals surface area (Å²) in [5.41, 5.74) is 2.91. The van der Waals surface area contributed by atoms with Gasteiger partial charge >= 0.3 is 0 Å². The van der Waals surface area contributed by atoms with Crippen LogP contribution in [0.5, 0.6) is 0 Å². The summed E-state index contributed by atoms with van der Waals surface area (Å²) < 4.78 is 0. The van der Waals surface area contributed by atoms with E-state index in [1.54, 1.807) is 0 Å². The average Bonchev–Trinajstić information content (AvgIpc) is 2.40. The highest BCUT2D eigenvalue weighted by Crippen LogP contribution is 2.19. The molecule has 0 aromatic heterocycles. The molecule has 106 valence electrons. The van der Waals surface area contributed by atoms with E-state index in [1.165, 1.54) is 43.6 Å². The normalized spacial score (nSPS) is 20.9. The number of rotatable bonds is 5. The Morgan fingerprint density at radius 3 is 2.84 bits per heavy atom. The maximum Gasteiger partial charge on any atom is 0.0236 e. The van der Waals surface area contributed by atoms with Gasteiger partial charge in [0.1, 0.15) is 0 Å². The van der Waals surface area contributed by atoms with Gasteiger partial charge in [0.05, 0.1) is 0 Å². The topological polar surface area (TPSA) is 15.3 Å². The molecule has 0 bridgehead atoms. The monoisotopic (exact) mass is 260 g/mol. The highest BCUT2D eigenvalue weighted by molar-refractivity contribution is 5.25. The fraction of sp³-hybridized carbons (Fsp3) is 0.647. The maximum atomic E-state index is 3.58. The van der Waals surface area contributed by atoms with Gasteiger partial charge in [-0.25, -0.2) is 0 Å². The van der Waals surface area contributed by atoms with Gasteiger partial charge in [-0.15, -0.1) is 0 Å². The van der Waals surface area contributed by atoms with Crippen LogP contribution in [0, 0.1) is 12.8 Å². The number of aryl methyl sites for hydroxylation is 1. The van der Waals surface area contributed by atoms with Gasteiger partial charge in [0.25, 0.3) is 0 Å². The predicted molar refractivity (Wildman–Crippen MR) is 82.3 cm³/mol. The van der Waals surface area contributed by atoms with Gasteiger partial charge < -0.3 is 5.32 Å². The molecule has 1 atom stereocenters. The molecule has 2 rings (SSSR count). The van der Waals surface area contributed by atoms with Crippen LogP contribution in [0.4, 0.5) is 0 Å². The number of likely N-dealkylation sites (tertiary alicyclic amines) is 1. The third-order valence-corrected chi connectivity index (χ3v) is 4.07. The van der Waals surface area contributed by atoms with Crippen molar-refractivity contribution in [3.8, 4) is 0 Å². The lowest BCUT2D eigenvalue weighted by Gasteiger charge is -2.33. The summed E-state index contributed by atoms with van der Waals surface area (Å²) in [6.07, 6.45) is 2.72. The van der Waals surface area contributed by atoms with Crippen molar-refractivity contribution in [2.24, 2.45) is 5.92 Å². The lowest BCUT2D eigenvalue weighted by Crippen LogP contribution is -2.40. The van der Waals surface area contributed by atoms with Crippen LogP contribution >= 0.6 is 0 Å². The van der Waals surface area contributed by atoms with E-state index < -0.39 is 0 Å². The lowest BCUT2D eigenvalue weighted by atomic mass is 9.97. The third-order valence-electron chi connectivity index (χ3n) is 4.07. The predicted octanol–water partition coefficient (Wildman–Crippen LogP) is 3.21. The van der Waals surface area contributed by atoms with Crippen LogP contribution in [-0.2, 0) is 6.54 Å². The van der Waals surface area contributed by atoms with Crippen molar-refractivity contribution in [2.45, 2.75) is 46.2 Å². The number of benzene rings is 1. The highest BCUT2D eigenvalue weighted by atomic mass is 15.1. The second-order valence-corrected chi connectivity index (χ2v) is 6.23. The number of piperidine rings is 1. The zero-order valence-electron chi connectivity index (χ0n) is 12.7. The van der Waals surface area contributed by atoms with Crippen LogP contribution in [0.2, 0.25) is 0 Å². The van der Waals surface area contributed by atoms with Gasteiger partial charge in [-0.2, -0.15) is 0 Å². The standard InChI is InChI=1S/C17H28N2/c1-14(2)18-11-16-8-6-10-19(12-16)13-17-9-5-4-7-15(17)3/h4-5,7,9,14,16,18H,6,8,10-13H2,1-3H3. The van der Waals surface area contributed by atoms with E-state index in [0.29, 0.717) is 6.04 Å². The zero-order chi connectivity index (χ0) is 13.7. The summed E-state index contributed by atoms with van der Waals surface area (Å²) in [5, 5.41) is 3.58. The van der Waals surface area contributed by atoms with Gasteiger partial charge in [0.15, 0.2) is 0 Å². The van der Waals surface area contributed by atoms with Crippen LogP contribution < -0.4 is 5.32 Å². The van der Waals surface area contributed by atoms with Crippen LogP contribution in [-0.4, -0.2) is 30.6 Å². The Kier molecular flexibility index (Phi) is 5.41. The Labute approximate surface area is 118 Å². The van der Waals surface area contributed by atoms with Crippen molar-refractivity contribution in [3.05, 3.63) is 35.4 Å². The molecule has 1 heterocycles. The third kappa shape index (κ3) is 4.63. The first kappa shape index (κ1) is 14.5. The van der Waals surface area contributed by atoms with Crippen LogP contribution in [0.1, 0.15) is 37.8 Å². The molecule has 0 spiro atoms. The minimum Gasteiger partial charge on any atom is -0.314 e. The van der Waals surface area contributed by atoms with Gasteiger partial charge in [0, 0.05) is 19.1 Å². The number of hydrogen-bond acceptors (Lipinski definition) is 2. The Hall–Kier alpha value is -0.860. The molecule has 1 N–H and O–H groups in total. The van der Waals surface area contributed by atoms with E-state index in [-0.39, 0.29) is 0 Å². The molecule has 2 nitrogen and oxygen atoms in total. The Morgan fingerprint density at radius 1 is 1.32 bits per heavy atom. The van der Waals surface area contributed by atoms with E-state index in [4.69, 9.17) is 0 Å². The van der Waals surface area contributed by atoms with E-state index in [2.05, 4.69) is 55.3 Å². The summed E-state index contributed by atoms with van der Waals surface area (Å²) in [4.78, 5) is 2.62. The van der Waals surface area contributed by atoms with E-state index >= 15 is 0 Å². The van der Waals surface area contributed by atoms with Gasteiger partial charge in [-0.1, -0.05) is 38.1 Å². The van der Waals surface area contributed by atoms with E-state index in [0.717, 1.165) is 12.5 Å². The first-order valence-corrected chi connectivity index (χ1v) is 7.65. The van der Waals surface area contributed by atoms with Gasteiger partial charge in [-0.05, 0) is 49.9 Å². The van der Waals surface area contributed by atoms with Crippen LogP contribution in [0.25, 0.3) is 0 Å². The molecule has 19 heavy (non-hydrogen) atoms. The second-order valence-electron chi connectivity index (χ2n) is 6.23. The fourth-order valence-corrected chi connectivity index (χ4v) is 2.89. The first-order valence-electron chi connectivity index (χ1n) is 7.65. The first-order chi connectivity index (χ1) is 9.15. The van der Waals surface area contributed by atoms with Crippen molar-refractivity contribution in [2.75, 3.05) is 19.6 Å². The number of nitrogens with zero attached hydrogens (tertiary/aromatic N) is 1. The molecule has 0 amide bonds. The summed E-state index contributed by atoms with van der Waals surface area (Å²) in [6.45, 7) is 11.5. The van der Waals surface area contributed by atoms with Crippen molar-refractivity contribution < 1.29 is 0 Å². The summed E-state index contributed by atoms with van der Waals surface area (Å²) in [5.74, 6) is 0.820. The Morgan fingerprint density at radius 2 is 2.11 bits per heavy atom. The molecule has 0 radical (unpaired) electrons. The van der Waals surface area contributed by atoms with Crippen molar-refractivity contribution in [1.82, 2.24) is 10.2 Å². The average molecular weight is 260 g/mol. The molecule has 1 fully saturated rings. The van der Waals surface area contributed by atoms with Gasteiger partial charge in [-0.3, -0.25) is 4.90 Å². The minimum absolute atomic E-state index is 0.603. The molecule has 1 aromatic carbocycles.